The second-order valence-corrected chi connectivity index (χ2v) is 5.69. The number of nitrogens with zero attached hydrogens (tertiary/aromatic N) is 1. The molecule has 0 aromatic heterocycles. The van der Waals surface area contributed by atoms with E-state index in [-0.39, 0.29) is 5.92 Å². The molecule has 0 bridgehead atoms. The minimum atomic E-state index is -1.02. The van der Waals surface area contributed by atoms with Gasteiger partial charge in [-0.25, -0.2) is 9.59 Å². The van der Waals surface area contributed by atoms with E-state index in [2.05, 4.69) is 5.32 Å². The fraction of sp³-hybridized carbons (Fsp3) is 0.769. The Bertz CT molecular complexity index is 408. The van der Waals surface area contributed by atoms with Gasteiger partial charge in [-0.3, -0.25) is 0 Å². The van der Waals surface area contributed by atoms with Gasteiger partial charge < -0.3 is 14.8 Å². The molecule has 1 rings (SSSR count). The van der Waals surface area contributed by atoms with Crippen LogP contribution in [-0.4, -0.2) is 30.3 Å². The van der Waals surface area contributed by atoms with Gasteiger partial charge in [0.1, 0.15) is 11.1 Å². The molecule has 106 valence electrons. The van der Waals surface area contributed by atoms with E-state index >= 15 is 0 Å². The van der Waals surface area contributed by atoms with E-state index in [1.54, 1.807) is 20.8 Å². The molecule has 1 amide bonds. The molecular weight excluding hydrogens is 248 g/mol. The molecule has 0 radical (unpaired) electrons. The lowest BCUT2D eigenvalue weighted by molar-refractivity contribution is -0.144. The van der Waals surface area contributed by atoms with Crippen LogP contribution < -0.4 is 5.32 Å². The number of alkyl carbamates (subject to hydrolysis) is 1. The minimum Gasteiger partial charge on any atom is -0.467 e. The van der Waals surface area contributed by atoms with Crippen molar-refractivity contribution in [1.29, 1.82) is 5.26 Å². The number of rotatable bonds is 4. The van der Waals surface area contributed by atoms with Gasteiger partial charge >= 0.3 is 12.1 Å². The summed E-state index contributed by atoms with van der Waals surface area (Å²) in [6.07, 6.45) is 0.749. The van der Waals surface area contributed by atoms with E-state index < -0.39 is 23.2 Å². The largest absolute Gasteiger partial charge is 0.467 e. The van der Waals surface area contributed by atoms with Crippen molar-refractivity contribution in [1.82, 2.24) is 5.32 Å². The number of hydrogen-bond acceptors (Lipinski definition) is 5. The second kappa shape index (κ2) is 5.47. The standard InChI is InChI=1S/C13H20N2O4/c1-12(2,3)19-11(17)15-13(10(16)18-4)8-9(13)6-5-7-14/h9H,5-6,8H2,1-4H3,(H,15,17)/t9-,13+/m1/s1. The Balaban J connectivity index is 2.66. The third-order valence-electron chi connectivity index (χ3n) is 2.98. The van der Waals surface area contributed by atoms with Gasteiger partial charge in [0.2, 0.25) is 0 Å². The second-order valence-electron chi connectivity index (χ2n) is 5.69. The Morgan fingerprint density at radius 3 is 2.58 bits per heavy atom. The molecule has 6 heteroatoms. The maximum atomic E-state index is 11.8. The van der Waals surface area contributed by atoms with E-state index in [9.17, 15) is 9.59 Å². The molecular formula is C13H20N2O4. The van der Waals surface area contributed by atoms with Crippen LogP contribution in [-0.2, 0) is 14.3 Å². The first kappa shape index (κ1) is 15.3. The molecule has 0 saturated heterocycles. The molecule has 0 aromatic carbocycles. The van der Waals surface area contributed by atoms with Gasteiger partial charge in [-0.1, -0.05) is 0 Å². The van der Waals surface area contributed by atoms with Crippen LogP contribution in [0.4, 0.5) is 4.79 Å². The lowest BCUT2D eigenvalue weighted by Gasteiger charge is -2.23. The highest BCUT2D eigenvalue weighted by Crippen LogP contribution is 2.47. The van der Waals surface area contributed by atoms with Crippen LogP contribution in [0.1, 0.15) is 40.0 Å². The van der Waals surface area contributed by atoms with Crippen LogP contribution >= 0.6 is 0 Å². The summed E-state index contributed by atoms with van der Waals surface area (Å²) in [7, 11) is 1.28. The summed E-state index contributed by atoms with van der Waals surface area (Å²) in [4.78, 5) is 23.5. The van der Waals surface area contributed by atoms with Crippen LogP contribution in [0.2, 0.25) is 0 Å². The predicted octanol–water partition coefficient (Wildman–Crippen LogP) is 1.75. The summed E-state index contributed by atoms with van der Waals surface area (Å²) in [6, 6.07) is 2.03. The molecule has 1 N–H and O–H groups in total. The topological polar surface area (TPSA) is 88.4 Å². The molecule has 1 aliphatic rings. The summed E-state index contributed by atoms with van der Waals surface area (Å²) >= 11 is 0. The third kappa shape index (κ3) is 3.85. The number of amides is 1. The summed E-state index contributed by atoms with van der Waals surface area (Å²) in [5, 5.41) is 11.2. The number of carbonyl (C=O) groups is 2. The monoisotopic (exact) mass is 268 g/mol. The van der Waals surface area contributed by atoms with E-state index in [0.717, 1.165) is 0 Å². The molecule has 0 aliphatic heterocycles. The first-order valence-electron chi connectivity index (χ1n) is 6.21. The molecule has 1 fully saturated rings. The average Bonchev–Trinajstić information content (AvgIpc) is 2.97. The molecule has 19 heavy (non-hydrogen) atoms. The van der Waals surface area contributed by atoms with Gasteiger partial charge in [-0.15, -0.1) is 0 Å². The Kier molecular flexibility index (Phi) is 4.40. The molecule has 1 saturated carbocycles. The number of nitriles is 1. The first-order valence-corrected chi connectivity index (χ1v) is 6.21. The van der Waals surface area contributed by atoms with Crippen molar-refractivity contribution in [3.05, 3.63) is 0 Å². The normalized spacial score (nSPS) is 25.1. The van der Waals surface area contributed by atoms with E-state index in [1.807, 2.05) is 6.07 Å². The molecule has 0 heterocycles. The third-order valence-corrected chi connectivity index (χ3v) is 2.98. The number of carbonyl (C=O) groups excluding carboxylic acids is 2. The first-order chi connectivity index (χ1) is 8.75. The summed E-state index contributed by atoms with van der Waals surface area (Å²) in [6.45, 7) is 5.24. The van der Waals surface area contributed by atoms with Crippen LogP contribution in [0.25, 0.3) is 0 Å². The van der Waals surface area contributed by atoms with Gasteiger partial charge in [-0.2, -0.15) is 5.26 Å². The maximum absolute atomic E-state index is 11.8. The van der Waals surface area contributed by atoms with Crippen LogP contribution in [0.5, 0.6) is 0 Å². The predicted molar refractivity (Wildman–Crippen MR) is 67.1 cm³/mol. The van der Waals surface area contributed by atoms with Gasteiger partial charge in [0.25, 0.3) is 0 Å². The smallest absolute Gasteiger partial charge is 0.408 e. The SMILES string of the molecule is COC(=O)[C@]1(NC(=O)OC(C)(C)C)C[C@H]1CCC#N. The van der Waals surface area contributed by atoms with Crippen molar-refractivity contribution in [3.63, 3.8) is 0 Å². The molecule has 0 unspecified atom stereocenters. The number of ether oxygens (including phenoxy) is 2. The van der Waals surface area contributed by atoms with Crippen molar-refractivity contribution in [2.24, 2.45) is 5.92 Å². The number of hydrogen-bond donors (Lipinski definition) is 1. The van der Waals surface area contributed by atoms with Crippen molar-refractivity contribution in [2.45, 2.75) is 51.2 Å². The maximum Gasteiger partial charge on any atom is 0.408 e. The van der Waals surface area contributed by atoms with Gasteiger partial charge in [0.15, 0.2) is 0 Å². The van der Waals surface area contributed by atoms with Gasteiger partial charge in [-0.05, 0) is 39.5 Å². The summed E-state index contributed by atoms with van der Waals surface area (Å²) < 4.78 is 9.86. The Labute approximate surface area is 113 Å². The highest BCUT2D eigenvalue weighted by atomic mass is 16.6. The Morgan fingerprint density at radius 2 is 2.11 bits per heavy atom. The Morgan fingerprint density at radius 1 is 1.47 bits per heavy atom. The van der Waals surface area contributed by atoms with Crippen molar-refractivity contribution in [2.75, 3.05) is 7.11 Å². The molecule has 0 spiro atoms. The highest BCUT2D eigenvalue weighted by Gasteiger charge is 2.62. The van der Waals surface area contributed by atoms with Crippen LogP contribution in [0.3, 0.4) is 0 Å². The molecule has 0 aromatic rings. The van der Waals surface area contributed by atoms with Gasteiger partial charge in [0.05, 0.1) is 13.2 Å². The van der Waals surface area contributed by atoms with Crippen LogP contribution in [0.15, 0.2) is 0 Å². The lowest BCUT2D eigenvalue weighted by atomic mass is 10.1. The van der Waals surface area contributed by atoms with E-state index in [0.29, 0.717) is 19.3 Å². The number of nitrogens with one attached hydrogen (secondary N) is 1. The average molecular weight is 268 g/mol. The zero-order valence-corrected chi connectivity index (χ0v) is 11.8. The zero-order chi connectivity index (χ0) is 14.7. The zero-order valence-electron chi connectivity index (χ0n) is 11.8. The van der Waals surface area contributed by atoms with Crippen molar-refractivity contribution >= 4 is 12.1 Å². The molecule has 2 atom stereocenters. The van der Waals surface area contributed by atoms with Crippen LogP contribution in [0, 0.1) is 17.2 Å². The van der Waals surface area contributed by atoms with E-state index in [4.69, 9.17) is 14.7 Å². The number of methoxy groups -OCH3 is 1. The summed E-state index contributed by atoms with van der Waals surface area (Å²) in [5.41, 5.74) is -1.65. The quantitative estimate of drug-likeness (QED) is 0.785. The van der Waals surface area contributed by atoms with Crippen molar-refractivity contribution < 1.29 is 19.1 Å². The van der Waals surface area contributed by atoms with Gasteiger partial charge in [0, 0.05) is 6.42 Å². The van der Waals surface area contributed by atoms with Crippen molar-refractivity contribution in [3.8, 4) is 6.07 Å². The minimum absolute atomic E-state index is 0.0629. The highest BCUT2D eigenvalue weighted by molar-refractivity contribution is 5.89. The Hall–Kier alpha value is -1.77. The number of esters is 1. The lowest BCUT2D eigenvalue weighted by Crippen LogP contribution is -2.47. The molecule has 6 nitrogen and oxygen atoms in total. The van der Waals surface area contributed by atoms with E-state index in [1.165, 1.54) is 7.11 Å². The fourth-order valence-electron chi connectivity index (χ4n) is 2.04. The fourth-order valence-corrected chi connectivity index (χ4v) is 2.04. The molecule has 1 aliphatic carbocycles. The summed E-state index contributed by atoms with van der Waals surface area (Å²) in [5.74, 6) is -0.548.